The van der Waals surface area contributed by atoms with Gasteiger partial charge in [-0.2, -0.15) is 8.78 Å². The Morgan fingerprint density at radius 2 is 2.00 bits per heavy atom. The fraction of sp³-hybridized carbons (Fsp3) is 0.727. The standard InChI is InChI=1S/C22H33F2NO4/c1-3-4-5-8-11-17(2)19(26)14-13-18-16-22(23,24)21(29)25(18)15-10-7-6-9-12-20(27)28/h13-14,17-19,26H,3-4,6-7,9-12,15-16H2,1-2H3,(H,27,28)/t17-,18?,19+/m0/s1. The number of carbonyl (C=O) groups excluding carboxylic acids is 1. The molecule has 1 amide bonds. The van der Waals surface area contributed by atoms with Crippen LogP contribution in [0.5, 0.6) is 0 Å². The maximum absolute atomic E-state index is 13.9. The number of amides is 1. The van der Waals surface area contributed by atoms with Crippen molar-refractivity contribution < 1.29 is 28.6 Å². The van der Waals surface area contributed by atoms with E-state index < -0.39 is 36.4 Å². The first-order valence-electron chi connectivity index (χ1n) is 10.4. The van der Waals surface area contributed by atoms with Crippen LogP contribution in [-0.4, -0.2) is 51.6 Å². The van der Waals surface area contributed by atoms with Crippen LogP contribution in [0.1, 0.15) is 71.6 Å². The Balaban J connectivity index is 2.57. The zero-order valence-electron chi connectivity index (χ0n) is 17.4. The topological polar surface area (TPSA) is 77.8 Å². The second-order valence-electron chi connectivity index (χ2n) is 7.69. The summed E-state index contributed by atoms with van der Waals surface area (Å²) in [4.78, 5) is 23.7. The lowest BCUT2D eigenvalue weighted by atomic mass is 9.99. The molecule has 1 unspecified atom stereocenters. The number of hydrogen-bond acceptors (Lipinski definition) is 3. The van der Waals surface area contributed by atoms with Crippen LogP contribution < -0.4 is 0 Å². The molecule has 29 heavy (non-hydrogen) atoms. The molecule has 5 nitrogen and oxygen atoms in total. The average Bonchev–Trinajstić information content (AvgIpc) is 2.88. The number of carboxylic acids is 1. The third-order valence-electron chi connectivity index (χ3n) is 5.02. The molecule has 0 radical (unpaired) electrons. The SMILES string of the molecule is CCCC#CC[C@H](C)[C@H](O)C=CC1CC(F)(F)C(=O)N1CCCCCCC(=O)O. The van der Waals surface area contributed by atoms with Crippen molar-refractivity contribution in [1.29, 1.82) is 0 Å². The minimum atomic E-state index is -3.39. The Bertz CT molecular complexity index is 624. The molecule has 2 N–H and O–H groups in total. The molecule has 0 bridgehead atoms. The molecule has 1 heterocycles. The van der Waals surface area contributed by atoms with E-state index in [4.69, 9.17) is 5.11 Å². The maximum atomic E-state index is 13.9. The highest BCUT2D eigenvalue weighted by molar-refractivity contribution is 5.86. The van der Waals surface area contributed by atoms with Crippen LogP contribution in [0.2, 0.25) is 0 Å². The van der Waals surface area contributed by atoms with Crippen LogP contribution in [0.25, 0.3) is 0 Å². The summed E-state index contributed by atoms with van der Waals surface area (Å²) in [5.74, 6) is 0.480. The summed E-state index contributed by atoms with van der Waals surface area (Å²) < 4.78 is 27.8. The zero-order valence-corrected chi connectivity index (χ0v) is 17.4. The first kappa shape index (κ1) is 25.1. The van der Waals surface area contributed by atoms with Gasteiger partial charge in [-0.3, -0.25) is 9.59 Å². The van der Waals surface area contributed by atoms with Crippen molar-refractivity contribution in [2.45, 2.75) is 89.7 Å². The first-order valence-corrected chi connectivity index (χ1v) is 10.4. The lowest BCUT2D eigenvalue weighted by Gasteiger charge is -2.22. The van der Waals surface area contributed by atoms with Gasteiger partial charge in [-0.1, -0.05) is 38.8 Å². The zero-order chi connectivity index (χ0) is 21.9. The minimum absolute atomic E-state index is 0.0883. The van der Waals surface area contributed by atoms with Gasteiger partial charge in [0.2, 0.25) is 0 Å². The largest absolute Gasteiger partial charge is 0.481 e. The molecule has 7 heteroatoms. The van der Waals surface area contributed by atoms with E-state index in [1.165, 1.54) is 17.1 Å². The predicted molar refractivity (Wildman–Crippen MR) is 107 cm³/mol. The number of rotatable bonds is 12. The van der Waals surface area contributed by atoms with E-state index in [0.29, 0.717) is 32.1 Å². The molecule has 1 fully saturated rings. The van der Waals surface area contributed by atoms with Gasteiger partial charge < -0.3 is 15.1 Å². The molecule has 1 rings (SSSR count). The van der Waals surface area contributed by atoms with Crippen LogP contribution in [0.4, 0.5) is 8.78 Å². The van der Waals surface area contributed by atoms with Gasteiger partial charge in [0.05, 0.1) is 12.1 Å². The Morgan fingerprint density at radius 1 is 1.31 bits per heavy atom. The van der Waals surface area contributed by atoms with E-state index in [1.54, 1.807) is 0 Å². The number of aliphatic hydroxyl groups excluding tert-OH is 1. The van der Waals surface area contributed by atoms with Crippen molar-refractivity contribution in [1.82, 2.24) is 4.90 Å². The van der Waals surface area contributed by atoms with Gasteiger partial charge in [0.1, 0.15) is 0 Å². The van der Waals surface area contributed by atoms with Crippen molar-refractivity contribution in [2.75, 3.05) is 6.54 Å². The van der Waals surface area contributed by atoms with Gasteiger partial charge in [-0.05, 0) is 25.2 Å². The van der Waals surface area contributed by atoms with E-state index in [1.807, 2.05) is 13.8 Å². The highest BCUT2D eigenvalue weighted by Crippen LogP contribution is 2.34. The van der Waals surface area contributed by atoms with Crippen molar-refractivity contribution in [3.63, 3.8) is 0 Å². The van der Waals surface area contributed by atoms with Crippen LogP contribution in [0, 0.1) is 17.8 Å². The minimum Gasteiger partial charge on any atom is -0.481 e. The van der Waals surface area contributed by atoms with Crippen LogP contribution >= 0.6 is 0 Å². The molecular weight excluding hydrogens is 380 g/mol. The molecular formula is C22H33F2NO4. The average molecular weight is 414 g/mol. The summed E-state index contributed by atoms with van der Waals surface area (Å²) in [6, 6.07) is -0.746. The first-order chi connectivity index (χ1) is 13.7. The number of nitrogens with zero attached hydrogens (tertiary/aromatic N) is 1. The highest BCUT2D eigenvalue weighted by atomic mass is 19.3. The van der Waals surface area contributed by atoms with Crippen molar-refractivity contribution in [3.8, 4) is 11.8 Å². The molecule has 1 aliphatic rings. The van der Waals surface area contributed by atoms with Gasteiger partial charge in [-0.15, -0.1) is 11.8 Å². The summed E-state index contributed by atoms with van der Waals surface area (Å²) in [5.41, 5.74) is 0. The Morgan fingerprint density at radius 3 is 2.66 bits per heavy atom. The number of aliphatic carboxylic acids is 1. The third-order valence-corrected chi connectivity index (χ3v) is 5.02. The fourth-order valence-corrected chi connectivity index (χ4v) is 3.17. The van der Waals surface area contributed by atoms with E-state index >= 15 is 0 Å². The lowest BCUT2D eigenvalue weighted by molar-refractivity contribution is -0.148. The summed E-state index contributed by atoms with van der Waals surface area (Å²) in [6.45, 7) is 4.08. The number of unbranched alkanes of at least 4 members (excludes halogenated alkanes) is 4. The quantitative estimate of drug-likeness (QED) is 0.288. The molecule has 0 aromatic carbocycles. The van der Waals surface area contributed by atoms with Gasteiger partial charge in [0, 0.05) is 32.2 Å². The van der Waals surface area contributed by atoms with Gasteiger partial charge >= 0.3 is 11.9 Å². The second kappa shape index (κ2) is 12.6. The maximum Gasteiger partial charge on any atom is 0.327 e. The molecule has 0 aromatic heterocycles. The number of halogens is 2. The summed E-state index contributed by atoms with van der Waals surface area (Å²) in [5, 5.41) is 18.9. The Hall–Kier alpha value is -1.94. The Labute approximate surface area is 172 Å². The lowest BCUT2D eigenvalue weighted by Crippen LogP contribution is -2.36. The highest BCUT2D eigenvalue weighted by Gasteiger charge is 2.52. The number of carbonyl (C=O) groups is 2. The van der Waals surface area contributed by atoms with Gasteiger partial charge in [0.25, 0.3) is 5.91 Å². The molecule has 0 saturated carbocycles. The summed E-state index contributed by atoms with van der Waals surface area (Å²) in [6.07, 6.45) is 6.42. The monoisotopic (exact) mass is 413 g/mol. The summed E-state index contributed by atoms with van der Waals surface area (Å²) in [7, 11) is 0. The van der Waals surface area contributed by atoms with E-state index in [-0.39, 0.29) is 18.9 Å². The normalized spacial score (nSPS) is 20.5. The molecule has 1 aliphatic heterocycles. The fourth-order valence-electron chi connectivity index (χ4n) is 3.17. The van der Waals surface area contributed by atoms with Gasteiger partial charge in [0.15, 0.2) is 0 Å². The molecule has 0 spiro atoms. The summed E-state index contributed by atoms with van der Waals surface area (Å²) >= 11 is 0. The molecule has 164 valence electrons. The molecule has 0 aliphatic carbocycles. The molecule has 0 aromatic rings. The van der Waals surface area contributed by atoms with Gasteiger partial charge in [-0.25, -0.2) is 0 Å². The van der Waals surface area contributed by atoms with Crippen LogP contribution in [0.15, 0.2) is 12.2 Å². The second-order valence-corrected chi connectivity index (χ2v) is 7.69. The smallest absolute Gasteiger partial charge is 0.327 e. The van der Waals surface area contributed by atoms with Crippen molar-refractivity contribution in [2.24, 2.45) is 5.92 Å². The van der Waals surface area contributed by atoms with E-state index in [2.05, 4.69) is 11.8 Å². The van der Waals surface area contributed by atoms with E-state index in [9.17, 15) is 23.5 Å². The van der Waals surface area contributed by atoms with E-state index in [0.717, 1.165) is 12.8 Å². The number of aliphatic hydroxyl groups is 1. The number of likely N-dealkylation sites (tertiary alicyclic amines) is 1. The number of alkyl halides is 2. The van der Waals surface area contributed by atoms with Crippen molar-refractivity contribution in [3.05, 3.63) is 12.2 Å². The number of hydrogen-bond donors (Lipinski definition) is 2. The number of carboxylic acid groups (broad SMARTS) is 1. The molecule has 3 atom stereocenters. The Kier molecular flexibility index (Phi) is 10.9. The molecule has 1 saturated heterocycles. The van der Waals surface area contributed by atoms with Crippen LogP contribution in [-0.2, 0) is 9.59 Å². The third kappa shape index (κ3) is 8.95. The van der Waals surface area contributed by atoms with Crippen molar-refractivity contribution >= 4 is 11.9 Å². The van der Waals surface area contributed by atoms with Crippen LogP contribution in [0.3, 0.4) is 0 Å². The predicted octanol–water partition coefficient (Wildman–Crippen LogP) is 4.00.